The van der Waals surface area contributed by atoms with E-state index in [1.165, 1.54) is 11.8 Å². The Balaban J connectivity index is 2.24. The van der Waals surface area contributed by atoms with Gasteiger partial charge in [0.2, 0.25) is 5.91 Å². The summed E-state index contributed by atoms with van der Waals surface area (Å²) in [6.45, 7) is 5.56. The number of benzene rings is 1. The van der Waals surface area contributed by atoms with Crippen LogP contribution < -0.4 is 10.1 Å². The number of methoxy groups -OCH3 is 1. The molecule has 0 radical (unpaired) electrons. The van der Waals surface area contributed by atoms with Gasteiger partial charge in [-0.3, -0.25) is 4.79 Å². The summed E-state index contributed by atoms with van der Waals surface area (Å²) in [6, 6.07) is 9.57. The third-order valence-electron chi connectivity index (χ3n) is 3.96. The van der Waals surface area contributed by atoms with Gasteiger partial charge in [-0.25, -0.2) is 4.79 Å². The summed E-state index contributed by atoms with van der Waals surface area (Å²) >= 11 is 2.47. The molecule has 2 rings (SSSR count). The molecule has 0 aliphatic carbocycles. The molecule has 1 amide bonds. The number of anilines is 1. The zero-order valence-electron chi connectivity index (χ0n) is 16.2. The van der Waals surface area contributed by atoms with Crippen LogP contribution in [-0.2, 0) is 9.53 Å². The molecule has 1 atom stereocenters. The van der Waals surface area contributed by atoms with Gasteiger partial charge in [0.15, 0.2) is 0 Å². The molecule has 2 aromatic rings. The van der Waals surface area contributed by atoms with Crippen LogP contribution in [0.25, 0.3) is 0 Å². The molecule has 0 aliphatic rings. The first-order valence-electron chi connectivity index (χ1n) is 8.77. The predicted molar refractivity (Wildman–Crippen MR) is 111 cm³/mol. The number of hydrogen-bond acceptors (Lipinski definition) is 7. The Labute approximate surface area is 172 Å². The summed E-state index contributed by atoms with van der Waals surface area (Å²) < 4.78 is 10.4. The lowest BCUT2D eigenvalue weighted by molar-refractivity contribution is -0.115. The first-order valence-corrected chi connectivity index (χ1v) is 10.5. The molecule has 1 unspecified atom stereocenters. The largest absolute Gasteiger partial charge is 0.496 e. The van der Waals surface area contributed by atoms with E-state index < -0.39 is 5.97 Å². The van der Waals surface area contributed by atoms with Crippen molar-refractivity contribution in [2.75, 3.05) is 19.0 Å². The fraction of sp³-hybridized carbons (Fsp3) is 0.350. The normalized spacial score (nSPS) is 11.4. The number of esters is 1. The minimum atomic E-state index is -0.488. The fourth-order valence-corrected chi connectivity index (χ4v) is 4.63. The highest BCUT2D eigenvalue weighted by Crippen LogP contribution is 2.36. The Kier molecular flexibility index (Phi) is 7.91. The Morgan fingerprint density at radius 2 is 2.04 bits per heavy atom. The number of para-hydroxylation sites is 1. The van der Waals surface area contributed by atoms with Crippen molar-refractivity contribution >= 4 is 40.0 Å². The van der Waals surface area contributed by atoms with Gasteiger partial charge in [0, 0.05) is 0 Å². The molecule has 148 valence electrons. The Hall–Kier alpha value is -2.50. The summed E-state index contributed by atoms with van der Waals surface area (Å²) in [7, 11) is 1.59. The van der Waals surface area contributed by atoms with E-state index in [0.717, 1.165) is 16.2 Å². The average Bonchev–Trinajstić information content (AvgIpc) is 3.01. The molecule has 8 heteroatoms. The van der Waals surface area contributed by atoms with E-state index in [1.807, 2.05) is 31.2 Å². The van der Waals surface area contributed by atoms with Gasteiger partial charge in [-0.15, -0.1) is 23.1 Å². The summed E-state index contributed by atoms with van der Waals surface area (Å²) in [6.07, 6.45) is 0.589. The van der Waals surface area contributed by atoms with Crippen molar-refractivity contribution in [3.63, 3.8) is 0 Å². The zero-order valence-corrected chi connectivity index (χ0v) is 17.8. The highest BCUT2D eigenvalue weighted by Gasteiger charge is 2.25. The number of nitrogens with one attached hydrogen (secondary N) is 1. The number of rotatable bonds is 8. The van der Waals surface area contributed by atoms with Crippen molar-refractivity contribution in [1.82, 2.24) is 0 Å². The van der Waals surface area contributed by atoms with Crippen molar-refractivity contribution < 1.29 is 19.1 Å². The van der Waals surface area contributed by atoms with Crippen LogP contribution in [0.2, 0.25) is 0 Å². The second-order valence-corrected chi connectivity index (χ2v) is 8.01. The smallest absolute Gasteiger partial charge is 0.348 e. The Morgan fingerprint density at radius 3 is 2.64 bits per heavy atom. The van der Waals surface area contributed by atoms with Crippen molar-refractivity contribution in [3.8, 4) is 11.8 Å². The SMILES string of the molecule is CCOC(=O)c1sc(NC(=O)C(CC)Sc2ccccc2OC)c(C#N)c1C. The third kappa shape index (κ3) is 4.86. The number of hydrogen-bond donors (Lipinski definition) is 1. The van der Waals surface area contributed by atoms with Crippen LogP contribution >= 0.6 is 23.1 Å². The molecule has 0 fully saturated rings. The number of ether oxygens (including phenoxy) is 2. The van der Waals surface area contributed by atoms with E-state index in [-0.39, 0.29) is 17.8 Å². The molecule has 1 aromatic carbocycles. The monoisotopic (exact) mass is 418 g/mol. The third-order valence-corrected chi connectivity index (χ3v) is 6.57. The van der Waals surface area contributed by atoms with Gasteiger partial charge >= 0.3 is 5.97 Å². The first-order chi connectivity index (χ1) is 13.5. The number of thiophene rings is 1. The summed E-state index contributed by atoms with van der Waals surface area (Å²) in [4.78, 5) is 26.1. The number of amides is 1. The summed E-state index contributed by atoms with van der Waals surface area (Å²) in [5.74, 6) is -0.0166. The van der Waals surface area contributed by atoms with Gasteiger partial charge in [0.05, 0.1) is 29.4 Å². The average molecular weight is 419 g/mol. The van der Waals surface area contributed by atoms with E-state index in [9.17, 15) is 14.9 Å². The van der Waals surface area contributed by atoms with Gasteiger partial charge in [-0.2, -0.15) is 5.26 Å². The minimum absolute atomic E-state index is 0.230. The maximum atomic E-state index is 12.8. The van der Waals surface area contributed by atoms with Crippen LogP contribution in [0.15, 0.2) is 29.2 Å². The maximum Gasteiger partial charge on any atom is 0.348 e. The Bertz CT molecular complexity index is 902. The van der Waals surface area contributed by atoms with E-state index in [4.69, 9.17) is 9.47 Å². The number of nitrogens with zero attached hydrogens (tertiary/aromatic N) is 1. The number of carbonyl (C=O) groups is 2. The van der Waals surface area contributed by atoms with E-state index in [1.54, 1.807) is 21.0 Å². The van der Waals surface area contributed by atoms with Crippen LogP contribution in [0.4, 0.5) is 5.00 Å². The van der Waals surface area contributed by atoms with Crippen molar-refractivity contribution in [1.29, 1.82) is 5.26 Å². The van der Waals surface area contributed by atoms with Crippen LogP contribution in [-0.4, -0.2) is 30.8 Å². The highest BCUT2D eigenvalue weighted by atomic mass is 32.2. The van der Waals surface area contributed by atoms with Crippen molar-refractivity contribution in [2.24, 2.45) is 0 Å². The lowest BCUT2D eigenvalue weighted by Gasteiger charge is -2.16. The van der Waals surface area contributed by atoms with Gasteiger partial charge in [0.25, 0.3) is 0 Å². The molecule has 0 saturated carbocycles. The molecule has 0 bridgehead atoms. The number of nitriles is 1. The molecule has 1 N–H and O–H groups in total. The summed E-state index contributed by atoms with van der Waals surface area (Å²) in [5.41, 5.74) is 0.810. The highest BCUT2D eigenvalue weighted by molar-refractivity contribution is 8.00. The molecule has 0 spiro atoms. The number of thioether (sulfide) groups is 1. The van der Waals surface area contributed by atoms with Crippen molar-refractivity contribution in [3.05, 3.63) is 40.3 Å². The van der Waals surface area contributed by atoms with Crippen LogP contribution in [0, 0.1) is 18.3 Å². The molecule has 6 nitrogen and oxygen atoms in total. The van der Waals surface area contributed by atoms with E-state index >= 15 is 0 Å². The second-order valence-electron chi connectivity index (χ2n) is 5.75. The standard InChI is InChI=1S/C20H22N2O4S2/c1-5-15(27-16-10-8-7-9-14(16)25-4)18(23)22-19-13(11-21)12(3)17(28-19)20(24)26-6-2/h7-10,15H,5-6H2,1-4H3,(H,22,23). The Morgan fingerprint density at radius 1 is 1.32 bits per heavy atom. The lowest BCUT2D eigenvalue weighted by atomic mass is 10.1. The molecule has 0 saturated heterocycles. The minimum Gasteiger partial charge on any atom is -0.496 e. The lowest BCUT2D eigenvalue weighted by Crippen LogP contribution is -2.24. The maximum absolute atomic E-state index is 12.8. The van der Waals surface area contributed by atoms with Gasteiger partial charge in [-0.05, 0) is 38.0 Å². The molecule has 28 heavy (non-hydrogen) atoms. The van der Waals surface area contributed by atoms with E-state index in [0.29, 0.717) is 33.2 Å². The zero-order chi connectivity index (χ0) is 20.7. The topological polar surface area (TPSA) is 88.4 Å². The van der Waals surface area contributed by atoms with Gasteiger partial charge < -0.3 is 14.8 Å². The molecular weight excluding hydrogens is 396 g/mol. The fourth-order valence-electron chi connectivity index (χ4n) is 2.51. The first kappa shape index (κ1) is 21.8. The van der Waals surface area contributed by atoms with Crippen molar-refractivity contribution in [2.45, 2.75) is 37.3 Å². The predicted octanol–water partition coefficient (Wildman–Crippen LogP) is 4.62. The molecule has 1 heterocycles. The van der Waals surface area contributed by atoms with Gasteiger partial charge in [-0.1, -0.05) is 19.1 Å². The van der Waals surface area contributed by atoms with Crippen LogP contribution in [0.1, 0.15) is 41.1 Å². The molecular formula is C20H22N2O4S2. The second kappa shape index (κ2) is 10.2. The quantitative estimate of drug-likeness (QED) is 0.497. The van der Waals surface area contributed by atoms with Gasteiger partial charge in [0.1, 0.15) is 21.7 Å². The van der Waals surface area contributed by atoms with Crippen LogP contribution in [0.3, 0.4) is 0 Å². The molecule has 0 aliphatic heterocycles. The van der Waals surface area contributed by atoms with Crippen LogP contribution in [0.5, 0.6) is 5.75 Å². The number of carbonyl (C=O) groups excluding carboxylic acids is 2. The molecule has 1 aromatic heterocycles. The summed E-state index contributed by atoms with van der Waals surface area (Å²) in [5, 5.41) is 12.3. The van der Waals surface area contributed by atoms with E-state index in [2.05, 4.69) is 11.4 Å².